The predicted molar refractivity (Wildman–Crippen MR) is 157 cm³/mol. The molecule has 216 valence electrons. The smallest absolute Gasteiger partial charge is 0.266 e. The summed E-state index contributed by atoms with van der Waals surface area (Å²) < 4.78 is 42.7. The zero-order valence-corrected chi connectivity index (χ0v) is 24.4. The molecule has 2 aromatic carbocycles. The minimum Gasteiger partial charge on any atom is -0.363 e. The van der Waals surface area contributed by atoms with E-state index in [1.165, 1.54) is 22.9 Å². The number of hydrogen-bond acceptors (Lipinski definition) is 7. The van der Waals surface area contributed by atoms with E-state index in [0.717, 1.165) is 11.8 Å². The zero-order valence-electron chi connectivity index (χ0n) is 22.7. The van der Waals surface area contributed by atoms with E-state index in [1.54, 1.807) is 19.9 Å². The highest BCUT2D eigenvalue weighted by molar-refractivity contribution is 5.92. The van der Waals surface area contributed by atoms with E-state index in [4.69, 9.17) is 0 Å². The summed E-state index contributed by atoms with van der Waals surface area (Å²) in [7, 11) is 5.69. The molecule has 1 N–H and O–H groups in total. The minimum absolute atomic E-state index is 0. The molecule has 40 heavy (non-hydrogen) atoms. The molecule has 0 amide bonds. The Hall–Kier alpha value is -3.41. The number of rotatable bonds is 9. The molecule has 0 saturated heterocycles. The van der Waals surface area contributed by atoms with E-state index in [1.807, 2.05) is 49.1 Å². The van der Waals surface area contributed by atoms with E-state index >= 15 is 0 Å². The van der Waals surface area contributed by atoms with Crippen molar-refractivity contribution in [3.63, 3.8) is 0 Å². The van der Waals surface area contributed by atoms with Crippen molar-refractivity contribution in [1.82, 2.24) is 24.6 Å². The Kier molecular flexibility index (Phi) is 11.3. The highest BCUT2D eigenvalue weighted by Crippen LogP contribution is 2.32. The Morgan fingerprint density at radius 2 is 1.70 bits per heavy atom. The molecule has 0 aliphatic carbocycles. The number of aromatic nitrogens is 4. The minimum atomic E-state index is -2.91. The van der Waals surface area contributed by atoms with Crippen molar-refractivity contribution in [3.05, 3.63) is 81.7 Å². The van der Waals surface area contributed by atoms with Crippen molar-refractivity contribution < 1.29 is 13.2 Å². The van der Waals surface area contributed by atoms with Crippen LogP contribution in [0.2, 0.25) is 0 Å². The SMILES string of the molecule is Cc1nc(N[C@H](C)c2cccc(C(F)F)c2F)c2cc(N(C)c3ccc(=O)n(CCN(C)C)n3)ccc2n1.Cl.Cl. The van der Waals surface area contributed by atoms with Crippen LogP contribution in [-0.4, -0.2) is 52.3 Å². The van der Waals surface area contributed by atoms with E-state index in [2.05, 4.69) is 20.4 Å². The summed E-state index contributed by atoms with van der Waals surface area (Å²) in [5.74, 6) is 0.587. The van der Waals surface area contributed by atoms with Crippen molar-refractivity contribution in [3.8, 4) is 0 Å². The predicted octanol–water partition coefficient (Wildman–Crippen LogP) is 5.92. The normalized spacial score (nSPS) is 11.8. The summed E-state index contributed by atoms with van der Waals surface area (Å²) in [6, 6.07) is 12.1. The summed E-state index contributed by atoms with van der Waals surface area (Å²) in [5, 5.41) is 8.35. The Balaban J connectivity index is 0.00000280. The van der Waals surface area contributed by atoms with Crippen LogP contribution < -0.4 is 15.8 Å². The lowest BCUT2D eigenvalue weighted by Crippen LogP contribution is -2.29. The van der Waals surface area contributed by atoms with E-state index in [-0.39, 0.29) is 35.9 Å². The van der Waals surface area contributed by atoms with Gasteiger partial charge in [-0.1, -0.05) is 18.2 Å². The van der Waals surface area contributed by atoms with Gasteiger partial charge in [0.1, 0.15) is 17.5 Å². The van der Waals surface area contributed by atoms with Crippen LogP contribution >= 0.6 is 24.8 Å². The van der Waals surface area contributed by atoms with Gasteiger partial charge in [0.25, 0.3) is 12.0 Å². The number of nitrogens with zero attached hydrogens (tertiary/aromatic N) is 6. The molecule has 0 radical (unpaired) electrons. The summed E-state index contributed by atoms with van der Waals surface area (Å²) in [6.07, 6.45) is -2.91. The summed E-state index contributed by atoms with van der Waals surface area (Å²) in [5.41, 5.74) is 0.717. The molecular weight excluding hydrogens is 566 g/mol. The highest BCUT2D eigenvalue weighted by Gasteiger charge is 2.21. The van der Waals surface area contributed by atoms with Crippen molar-refractivity contribution in [1.29, 1.82) is 0 Å². The summed E-state index contributed by atoms with van der Waals surface area (Å²) >= 11 is 0. The van der Waals surface area contributed by atoms with Gasteiger partial charge in [0.15, 0.2) is 5.82 Å². The number of aryl methyl sites for hydroxylation is 1. The standard InChI is InChI=1S/C27H30F3N7O.2ClH/c1-16(19-7-6-8-20(25(19)28)26(29)30)31-27-21-15-18(9-10-22(21)32-17(2)33-27)36(5)23-11-12-24(38)37(34-23)14-13-35(3)4;;/h6-12,15-16,26H,13-14H2,1-5H3,(H,31,32,33);2*1H/t16-;;/m1../s1. The third kappa shape index (κ3) is 7.21. The van der Waals surface area contributed by atoms with Gasteiger partial charge in [0.2, 0.25) is 0 Å². The average molecular weight is 599 g/mol. The molecule has 8 nitrogen and oxygen atoms in total. The lowest BCUT2D eigenvalue weighted by Gasteiger charge is -2.21. The molecule has 4 aromatic rings. The fourth-order valence-electron chi connectivity index (χ4n) is 4.11. The van der Waals surface area contributed by atoms with Crippen LogP contribution in [0.4, 0.5) is 30.5 Å². The van der Waals surface area contributed by atoms with Gasteiger partial charge in [-0.25, -0.2) is 27.8 Å². The monoisotopic (exact) mass is 597 g/mol. The first-order valence-corrected chi connectivity index (χ1v) is 12.1. The highest BCUT2D eigenvalue weighted by atomic mass is 35.5. The lowest BCUT2D eigenvalue weighted by molar-refractivity contribution is 0.146. The van der Waals surface area contributed by atoms with Gasteiger partial charge in [-0.15, -0.1) is 24.8 Å². The molecule has 4 rings (SSSR count). The number of benzene rings is 2. The van der Waals surface area contributed by atoms with Crippen molar-refractivity contribution in [2.24, 2.45) is 0 Å². The molecule has 0 saturated carbocycles. The first kappa shape index (κ1) is 32.8. The molecule has 13 heteroatoms. The molecule has 1 atom stereocenters. The number of likely N-dealkylation sites (N-methyl/N-ethyl adjacent to an activating group) is 1. The second kappa shape index (κ2) is 13.8. The Labute approximate surface area is 243 Å². The molecule has 0 aliphatic heterocycles. The Bertz CT molecular complexity index is 1520. The maximum Gasteiger partial charge on any atom is 0.266 e. The van der Waals surface area contributed by atoms with Gasteiger partial charge in [-0.2, -0.15) is 5.10 Å². The van der Waals surface area contributed by atoms with Gasteiger partial charge in [0, 0.05) is 36.3 Å². The topological polar surface area (TPSA) is 79.2 Å². The molecule has 0 unspecified atom stereocenters. The summed E-state index contributed by atoms with van der Waals surface area (Å²) in [6.45, 7) is 4.55. The van der Waals surface area contributed by atoms with Crippen LogP contribution in [0.15, 0.2) is 53.3 Å². The number of alkyl halides is 2. The number of hydrogen-bond donors (Lipinski definition) is 1. The Morgan fingerprint density at radius 1 is 1.00 bits per heavy atom. The molecule has 0 spiro atoms. The van der Waals surface area contributed by atoms with E-state index in [9.17, 15) is 18.0 Å². The van der Waals surface area contributed by atoms with Crippen molar-refractivity contribution in [2.75, 3.05) is 37.9 Å². The maximum atomic E-state index is 14.8. The van der Waals surface area contributed by atoms with Crippen LogP contribution in [0.1, 0.15) is 36.3 Å². The van der Waals surface area contributed by atoms with Gasteiger partial charge in [-0.05, 0) is 52.2 Å². The Morgan fingerprint density at radius 3 is 2.38 bits per heavy atom. The number of nitrogens with one attached hydrogen (secondary N) is 1. The molecule has 0 fully saturated rings. The lowest BCUT2D eigenvalue weighted by atomic mass is 10.0. The van der Waals surface area contributed by atoms with Gasteiger partial charge < -0.3 is 15.1 Å². The largest absolute Gasteiger partial charge is 0.363 e. The quantitative estimate of drug-likeness (QED) is 0.256. The number of anilines is 3. The molecule has 0 bridgehead atoms. The van der Waals surface area contributed by atoms with Gasteiger partial charge in [-0.3, -0.25) is 4.79 Å². The number of fused-ring (bicyclic) bond motifs is 1. The van der Waals surface area contributed by atoms with E-state index < -0.39 is 23.8 Å². The zero-order chi connectivity index (χ0) is 27.6. The third-order valence-corrected chi connectivity index (χ3v) is 6.25. The van der Waals surface area contributed by atoms with Crippen LogP contribution in [0, 0.1) is 12.7 Å². The first-order chi connectivity index (χ1) is 18.0. The van der Waals surface area contributed by atoms with Crippen LogP contribution in [-0.2, 0) is 6.54 Å². The molecule has 2 aromatic heterocycles. The fraction of sp³-hybridized carbons (Fsp3) is 0.333. The van der Waals surface area contributed by atoms with E-state index in [0.29, 0.717) is 41.5 Å². The molecule has 0 aliphatic rings. The fourth-order valence-corrected chi connectivity index (χ4v) is 4.11. The van der Waals surface area contributed by atoms with Gasteiger partial charge >= 0.3 is 0 Å². The second-order valence-corrected chi connectivity index (χ2v) is 9.35. The summed E-state index contributed by atoms with van der Waals surface area (Å²) in [4.78, 5) is 25.1. The van der Waals surface area contributed by atoms with Gasteiger partial charge in [0.05, 0.1) is 23.7 Å². The van der Waals surface area contributed by atoms with Crippen LogP contribution in [0.25, 0.3) is 10.9 Å². The van der Waals surface area contributed by atoms with Crippen LogP contribution in [0.5, 0.6) is 0 Å². The molecular formula is C27H32Cl2F3N7O. The third-order valence-electron chi connectivity index (χ3n) is 6.25. The number of halogens is 5. The average Bonchev–Trinajstić information content (AvgIpc) is 2.87. The first-order valence-electron chi connectivity index (χ1n) is 12.1. The maximum absolute atomic E-state index is 14.8. The second-order valence-electron chi connectivity index (χ2n) is 9.35. The molecule has 2 heterocycles. The van der Waals surface area contributed by atoms with Crippen LogP contribution in [0.3, 0.4) is 0 Å². The van der Waals surface area contributed by atoms with Crippen molar-refractivity contribution >= 4 is 53.0 Å². The van der Waals surface area contributed by atoms with Crippen molar-refractivity contribution in [2.45, 2.75) is 32.9 Å².